The standard InChI is InChI=1S/C19H26N2O3S/c1-11-5-4-6-15(12(11)2)21-19(23)13(3)25-14-7-8-17-16(9-14)20-18(22)10-24-17/h7-9,11-13,15H,4-6,10H2,1-3H3,(H,20,22)(H,21,23)/t11-,12+,13+,15-/m1/s1. The highest BCUT2D eigenvalue weighted by molar-refractivity contribution is 8.00. The van der Waals surface area contributed by atoms with Crippen molar-refractivity contribution in [3.05, 3.63) is 18.2 Å². The molecule has 1 aromatic rings. The lowest BCUT2D eigenvalue weighted by Gasteiger charge is -2.35. The van der Waals surface area contributed by atoms with E-state index < -0.39 is 0 Å². The van der Waals surface area contributed by atoms with Gasteiger partial charge in [0, 0.05) is 10.9 Å². The van der Waals surface area contributed by atoms with Gasteiger partial charge in [-0.25, -0.2) is 0 Å². The number of thioether (sulfide) groups is 1. The van der Waals surface area contributed by atoms with Crippen LogP contribution in [0.1, 0.15) is 40.0 Å². The van der Waals surface area contributed by atoms with Crippen LogP contribution in [0.15, 0.2) is 23.1 Å². The molecular formula is C19H26N2O3S. The molecular weight excluding hydrogens is 336 g/mol. The molecule has 0 aromatic heterocycles. The van der Waals surface area contributed by atoms with Gasteiger partial charge >= 0.3 is 0 Å². The SMILES string of the molecule is C[C@H]1[C@H](C)CCC[C@H]1NC(=O)[C@H](C)Sc1ccc2c(c1)NC(=O)CO2. The van der Waals surface area contributed by atoms with E-state index in [4.69, 9.17) is 4.74 Å². The fraction of sp³-hybridized carbons (Fsp3) is 0.579. The summed E-state index contributed by atoms with van der Waals surface area (Å²) in [4.78, 5) is 25.0. The molecule has 1 heterocycles. The van der Waals surface area contributed by atoms with Gasteiger partial charge in [0.25, 0.3) is 5.91 Å². The van der Waals surface area contributed by atoms with E-state index in [9.17, 15) is 9.59 Å². The third-order valence-electron chi connectivity index (χ3n) is 5.30. The number of nitrogens with one attached hydrogen (secondary N) is 2. The summed E-state index contributed by atoms with van der Waals surface area (Å²) in [5.41, 5.74) is 0.670. The van der Waals surface area contributed by atoms with Gasteiger partial charge in [-0.3, -0.25) is 9.59 Å². The quantitative estimate of drug-likeness (QED) is 0.805. The van der Waals surface area contributed by atoms with Crippen molar-refractivity contribution in [2.45, 2.75) is 56.2 Å². The lowest BCUT2D eigenvalue weighted by Crippen LogP contribution is -2.46. The molecule has 0 spiro atoms. The van der Waals surface area contributed by atoms with Crippen LogP contribution in [-0.4, -0.2) is 29.7 Å². The van der Waals surface area contributed by atoms with Crippen molar-refractivity contribution < 1.29 is 14.3 Å². The first kappa shape index (κ1) is 18.1. The summed E-state index contributed by atoms with van der Waals surface area (Å²) in [5, 5.41) is 5.84. The van der Waals surface area contributed by atoms with Gasteiger partial charge < -0.3 is 15.4 Å². The molecule has 0 saturated heterocycles. The zero-order valence-corrected chi connectivity index (χ0v) is 15.8. The molecule has 3 rings (SSSR count). The lowest BCUT2D eigenvalue weighted by atomic mass is 9.78. The van der Waals surface area contributed by atoms with Gasteiger partial charge in [-0.2, -0.15) is 0 Å². The second-order valence-electron chi connectivity index (χ2n) is 7.14. The van der Waals surface area contributed by atoms with Crippen molar-refractivity contribution in [2.75, 3.05) is 11.9 Å². The summed E-state index contributed by atoms with van der Waals surface area (Å²) in [6.45, 7) is 6.48. The van der Waals surface area contributed by atoms with E-state index in [-0.39, 0.29) is 29.7 Å². The van der Waals surface area contributed by atoms with Crippen LogP contribution in [0.25, 0.3) is 0 Å². The highest BCUT2D eigenvalue weighted by atomic mass is 32.2. The Bertz CT molecular complexity index is 664. The highest BCUT2D eigenvalue weighted by Gasteiger charge is 2.29. The number of benzene rings is 1. The average Bonchev–Trinajstić information content (AvgIpc) is 2.58. The average molecular weight is 362 g/mol. The Hall–Kier alpha value is -1.69. The van der Waals surface area contributed by atoms with Crippen molar-refractivity contribution >= 4 is 29.3 Å². The Kier molecular flexibility index (Phi) is 5.57. The predicted molar refractivity (Wildman–Crippen MR) is 100.0 cm³/mol. The molecule has 1 fully saturated rings. The molecule has 0 unspecified atom stereocenters. The Morgan fingerprint density at radius 1 is 1.36 bits per heavy atom. The third-order valence-corrected chi connectivity index (χ3v) is 6.39. The summed E-state index contributed by atoms with van der Waals surface area (Å²) in [7, 11) is 0. The number of rotatable bonds is 4. The van der Waals surface area contributed by atoms with Crippen LogP contribution in [0.4, 0.5) is 5.69 Å². The van der Waals surface area contributed by atoms with Gasteiger partial charge in [-0.05, 0) is 43.4 Å². The van der Waals surface area contributed by atoms with Crippen molar-refractivity contribution in [3.8, 4) is 5.75 Å². The molecule has 1 saturated carbocycles. The van der Waals surface area contributed by atoms with Gasteiger partial charge in [-0.15, -0.1) is 11.8 Å². The van der Waals surface area contributed by atoms with Gasteiger partial charge in [-0.1, -0.05) is 26.7 Å². The fourth-order valence-electron chi connectivity index (χ4n) is 3.48. The number of anilines is 1. The van der Waals surface area contributed by atoms with E-state index >= 15 is 0 Å². The van der Waals surface area contributed by atoms with Crippen molar-refractivity contribution in [2.24, 2.45) is 11.8 Å². The first-order valence-electron chi connectivity index (χ1n) is 8.98. The minimum absolute atomic E-state index is 0.0519. The lowest BCUT2D eigenvalue weighted by molar-refractivity contribution is -0.121. The molecule has 0 radical (unpaired) electrons. The first-order chi connectivity index (χ1) is 11.9. The topological polar surface area (TPSA) is 67.4 Å². The minimum Gasteiger partial charge on any atom is -0.482 e. The van der Waals surface area contributed by atoms with Crippen LogP contribution in [0, 0.1) is 11.8 Å². The molecule has 136 valence electrons. The molecule has 2 amide bonds. The molecule has 1 aromatic carbocycles. The van der Waals surface area contributed by atoms with Crippen LogP contribution in [0.2, 0.25) is 0 Å². The van der Waals surface area contributed by atoms with Crippen molar-refractivity contribution in [3.63, 3.8) is 0 Å². The van der Waals surface area contributed by atoms with E-state index in [0.29, 0.717) is 23.3 Å². The van der Waals surface area contributed by atoms with Crippen molar-refractivity contribution in [1.29, 1.82) is 0 Å². The van der Waals surface area contributed by atoms with E-state index in [1.54, 1.807) is 0 Å². The summed E-state index contributed by atoms with van der Waals surface area (Å²) in [5.74, 6) is 1.78. The number of carbonyl (C=O) groups excluding carboxylic acids is 2. The maximum Gasteiger partial charge on any atom is 0.262 e. The van der Waals surface area contributed by atoms with Gasteiger partial charge in [0.2, 0.25) is 5.91 Å². The molecule has 1 aliphatic carbocycles. The summed E-state index contributed by atoms with van der Waals surface area (Å²) < 4.78 is 5.36. The van der Waals surface area contributed by atoms with Crippen LogP contribution in [-0.2, 0) is 9.59 Å². The molecule has 0 bridgehead atoms. The van der Waals surface area contributed by atoms with E-state index in [2.05, 4.69) is 24.5 Å². The molecule has 6 heteroatoms. The van der Waals surface area contributed by atoms with Crippen molar-refractivity contribution in [1.82, 2.24) is 5.32 Å². The number of amides is 2. The fourth-order valence-corrected chi connectivity index (χ4v) is 4.39. The summed E-state index contributed by atoms with van der Waals surface area (Å²) in [6, 6.07) is 5.91. The Morgan fingerprint density at radius 2 is 2.16 bits per heavy atom. The van der Waals surface area contributed by atoms with Crippen LogP contribution in [0.3, 0.4) is 0 Å². The number of hydrogen-bond donors (Lipinski definition) is 2. The largest absolute Gasteiger partial charge is 0.482 e. The summed E-state index contributed by atoms with van der Waals surface area (Å²) in [6.07, 6.45) is 3.50. The zero-order valence-electron chi connectivity index (χ0n) is 15.0. The first-order valence-corrected chi connectivity index (χ1v) is 9.85. The predicted octanol–water partition coefficient (Wildman–Crippen LogP) is 3.44. The normalized spacial score (nSPS) is 26.8. The maximum atomic E-state index is 12.6. The molecule has 2 aliphatic rings. The molecule has 2 N–H and O–H groups in total. The monoisotopic (exact) mass is 362 g/mol. The number of hydrogen-bond acceptors (Lipinski definition) is 4. The number of ether oxygens (including phenoxy) is 1. The Morgan fingerprint density at radius 3 is 2.96 bits per heavy atom. The van der Waals surface area contributed by atoms with Gasteiger partial charge in [0.05, 0.1) is 10.9 Å². The molecule has 5 nitrogen and oxygen atoms in total. The van der Waals surface area contributed by atoms with Gasteiger partial charge in [0.1, 0.15) is 5.75 Å². The van der Waals surface area contributed by atoms with Crippen LogP contribution >= 0.6 is 11.8 Å². The van der Waals surface area contributed by atoms with Crippen LogP contribution in [0.5, 0.6) is 5.75 Å². The smallest absolute Gasteiger partial charge is 0.262 e. The third kappa shape index (κ3) is 4.29. The zero-order chi connectivity index (χ0) is 18.0. The van der Waals surface area contributed by atoms with Gasteiger partial charge in [0.15, 0.2) is 6.61 Å². The number of fused-ring (bicyclic) bond motifs is 1. The van der Waals surface area contributed by atoms with Crippen LogP contribution < -0.4 is 15.4 Å². The minimum atomic E-state index is -0.192. The summed E-state index contributed by atoms with van der Waals surface area (Å²) >= 11 is 1.50. The van der Waals surface area contributed by atoms with E-state index in [1.165, 1.54) is 24.6 Å². The second kappa shape index (κ2) is 7.68. The number of carbonyl (C=O) groups is 2. The molecule has 4 atom stereocenters. The maximum absolute atomic E-state index is 12.6. The molecule has 25 heavy (non-hydrogen) atoms. The second-order valence-corrected chi connectivity index (χ2v) is 8.55. The van der Waals surface area contributed by atoms with E-state index in [1.807, 2.05) is 25.1 Å². The molecule has 1 aliphatic heterocycles. The highest BCUT2D eigenvalue weighted by Crippen LogP contribution is 2.34. The Labute approximate surface area is 153 Å². The van der Waals surface area contributed by atoms with E-state index in [0.717, 1.165) is 11.3 Å². The Balaban J connectivity index is 1.60.